The zero-order valence-corrected chi connectivity index (χ0v) is 17.0. The molecule has 11 heteroatoms. The van der Waals surface area contributed by atoms with Crippen LogP contribution in [0.2, 0.25) is 0 Å². The van der Waals surface area contributed by atoms with Gasteiger partial charge in [0.05, 0.1) is 11.0 Å². The van der Waals surface area contributed by atoms with Crippen LogP contribution in [0.5, 0.6) is 11.5 Å². The molecule has 2 aliphatic rings. The smallest absolute Gasteiger partial charge is 0.325 e. The summed E-state index contributed by atoms with van der Waals surface area (Å²) >= 11 is 0. The Morgan fingerprint density at radius 2 is 1.84 bits per heavy atom. The summed E-state index contributed by atoms with van der Waals surface area (Å²) < 4.78 is 10.7. The fourth-order valence-corrected chi connectivity index (χ4v) is 3.92. The van der Waals surface area contributed by atoms with E-state index in [9.17, 15) is 19.2 Å². The van der Waals surface area contributed by atoms with E-state index in [2.05, 4.69) is 20.6 Å². The van der Waals surface area contributed by atoms with Gasteiger partial charge in [0.25, 0.3) is 5.91 Å². The first-order valence-electron chi connectivity index (χ1n) is 9.85. The van der Waals surface area contributed by atoms with Crippen LogP contribution in [0.15, 0.2) is 41.2 Å². The Morgan fingerprint density at radius 3 is 2.69 bits per heavy atom. The van der Waals surface area contributed by atoms with Crippen LogP contribution in [-0.4, -0.2) is 51.6 Å². The summed E-state index contributed by atoms with van der Waals surface area (Å²) in [7, 11) is 0. The molecule has 164 valence electrons. The molecule has 0 unspecified atom stereocenters. The van der Waals surface area contributed by atoms with Gasteiger partial charge >= 0.3 is 11.7 Å². The lowest BCUT2D eigenvalue weighted by Gasteiger charge is -2.22. The Hall–Kier alpha value is -4.28. The van der Waals surface area contributed by atoms with Gasteiger partial charge in [0.1, 0.15) is 12.1 Å². The van der Waals surface area contributed by atoms with Gasteiger partial charge in [-0.15, -0.1) is 0 Å². The normalized spacial score (nSPS) is 19.5. The second-order valence-corrected chi connectivity index (χ2v) is 7.91. The third-order valence-corrected chi connectivity index (χ3v) is 5.44. The number of imidazole rings is 1. The second-order valence-electron chi connectivity index (χ2n) is 7.91. The van der Waals surface area contributed by atoms with Crippen molar-refractivity contribution in [3.05, 3.63) is 52.4 Å². The number of hydrogen-bond donors (Lipinski definition) is 4. The highest BCUT2D eigenvalue weighted by molar-refractivity contribution is 6.10. The minimum absolute atomic E-state index is 0.141. The molecule has 32 heavy (non-hydrogen) atoms. The van der Waals surface area contributed by atoms with Gasteiger partial charge in [-0.05, 0) is 42.8 Å². The lowest BCUT2D eigenvalue weighted by atomic mass is 9.92. The van der Waals surface area contributed by atoms with Crippen LogP contribution in [0.25, 0.3) is 11.0 Å². The second kappa shape index (κ2) is 7.15. The Morgan fingerprint density at radius 1 is 1.06 bits per heavy atom. The van der Waals surface area contributed by atoms with Crippen LogP contribution in [0.3, 0.4) is 0 Å². The fourth-order valence-electron chi connectivity index (χ4n) is 3.92. The third-order valence-electron chi connectivity index (χ3n) is 5.44. The zero-order chi connectivity index (χ0) is 22.5. The number of nitrogens with zero attached hydrogens (tertiary/aromatic N) is 1. The molecule has 5 rings (SSSR count). The highest BCUT2D eigenvalue weighted by Gasteiger charge is 2.48. The number of hydrogen-bond acceptors (Lipinski definition) is 6. The van der Waals surface area contributed by atoms with Crippen LogP contribution in [0, 0.1) is 0 Å². The summed E-state index contributed by atoms with van der Waals surface area (Å²) in [5.41, 5.74) is 0.776. The first-order valence-corrected chi connectivity index (χ1v) is 9.85. The van der Waals surface area contributed by atoms with E-state index in [4.69, 9.17) is 9.47 Å². The number of carbonyl (C=O) groups is 3. The van der Waals surface area contributed by atoms with Crippen LogP contribution < -0.4 is 25.8 Å². The number of anilines is 1. The lowest BCUT2D eigenvalue weighted by molar-refractivity contribution is -0.133. The van der Waals surface area contributed by atoms with Crippen molar-refractivity contribution in [2.45, 2.75) is 18.9 Å². The summed E-state index contributed by atoms with van der Waals surface area (Å²) in [5, 5.41) is 5.32. The van der Waals surface area contributed by atoms with E-state index in [0.29, 0.717) is 28.2 Å². The largest absolute Gasteiger partial charge is 0.454 e. The number of fused-ring (bicyclic) bond motifs is 2. The number of nitrogens with one attached hydrogen (secondary N) is 4. The highest BCUT2D eigenvalue weighted by atomic mass is 16.7. The van der Waals surface area contributed by atoms with Gasteiger partial charge in [0, 0.05) is 12.1 Å². The first-order chi connectivity index (χ1) is 15.3. The van der Waals surface area contributed by atoms with Crippen molar-refractivity contribution in [3.63, 3.8) is 0 Å². The summed E-state index contributed by atoms with van der Waals surface area (Å²) in [5.74, 6) is 0.166. The zero-order valence-electron chi connectivity index (χ0n) is 17.0. The molecule has 0 saturated carbocycles. The van der Waals surface area contributed by atoms with Crippen molar-refractivity contribution in [1.82, 2.24) is 20.2 Å². The molecule has 1 atom stereocenters. The topological polar surface area (TPSA) is 146 Å². The SMILES string of the molecule is C[C@@]1(Cc2ccc3c(c2)OCO3)NC(=O)N(CC(=O)Nc2ccc3[nH]c(=O)[nH]c3c2)C1=O. The van der Waals surface area contributed by atoms with Crippen LogP contribution in [-0.2, 0) is 16.0 Å². The molecule has 4 amide bonds. The number of ether oxygens (including phenoxy) is 2. The molecule has 3 heterocycles. The van der Waals surface area contributed by atoms with Crippen molar-refractivity contribution >= 4 is 34.6 Å². The van der Waals surface area contributed by atoms with Gasteiger partial charge in [0.2, 0.25) is 12.7 Å². The molecule has 2 aliphatic heterocycles. The maximum atomic E-state index is 13.0. The number of aromatic amines is 2. The predicted molar refractivity (Wildman–Crippen MR) is 112 cm³/mol. The Bertz CT molecular complexity index is 1330. The van der Waals surface area contributed by atoms with Gasteiger partial charge in [-0.2, -0.15) is 0 Å². The lowest BCUT2D eigenvalue weighted by Crippen LogP contribution is -2.46. The van der Waals surface area contributed by atoms with E-state index in [1.807, 2.05) is 0 Å². The molecule has 1 fully saturated rings. The molecule has 3 aromatic rings. The van der Waals surface area contributed by atoms with Crippen LogP contribution >= 0.6 is 0 Å². The maximum Gasteiger partial charge on any atom is 0.325 e. The maximum absolute atomic E-state index is 13.0. The highest BCUT2D eigenvalue weighted by Crippen LogP contribution is 2.34. The van der Waals surface area contributed by atoms with Crippen molar-refractivity contribution in [2.75, 3.05) is 18.7 Å². The van der Waals surface area contributed by atoms with E-state index in [0.717, 1.165) is 10.5 Å². The first kappa shape index (κ1) is 19.7. The Labute approximate surface area is 180 Å². The number of imide groups is 1. The molecule has 0 radical (unpaired) electrons. The van der Waals surface area contributed by atoms with Gasteiger partial charge in [0.15, 0.2) is 11.5 Å². The molecule has 1 saturated heterocycles. The van der Waals surface area contributed by atoms with Crippen LogP contribution in [0.1, 0.15) is 12.5 Å². The summed E-state index contributed by atoms with van der Waals surface area (Å²) in [6, 6.07) is 9.51. The molecule has 11 nitrogen and oxygen atoms in total. The number of carbonyl (C=O) groups excluding carboxylic acids is 3. The Balaban J connectivity index is 1.27. The number of amides is 4. The minimum Gasteiger partial charge on any atom is -0.454 e. The number of urea groups is 1. The molecule has 0 spiro atoms. The number of rotatable bonds is 5. The molecule has 4 N–H and O–H groups in total. The standard InChI is InChI=1S/C21H19N5O6/c1-21(8-11-2-5-15-16(6-11)32-10-31-15)18(28)26(20(30)25-21)9-17(27)22-12-3-4-13-14(7-12)24-19(29)23-13/h2-7H,8-10H2,1H3,(H,22,27)(H,25,30)(H2,23,24,29)/t21-/m0/s1. The minimum atomic E-state index is -1.20. The number of H-pyrrole nitrogens is 2. The predicted octanol–water partition coefficient (Wildman–Crippen LogP) is 1.08. The summed E-state index contributed by atoms with van der Waals surface area (Å²) in [4.78, 5) is 55.4. The third kappa shape index (κ3) is 3.43. The quantitative estimate of drug-likeness (QED) is 0.440. The van der Waals surface area contributed by atoms with Crippen LogP contribution in [0.4, 0.5) is 10.5 Å². The van der Waals surface area contributed by atoms with E-state index >= 15 is 0 Å². The van der Waals surface area contributed by atoms with Crippen molar-refractivity contribution in [3.8, 4) is 11.5 Å². The van der Waals surface area contributed by atoms with Gasteiger partial charge in [-0.1, -0.05) is 6.07 Å². The van der Waals surface area contributed by atoms with E-state index in [1.165, 1.54) is 0 Å². The van der Waals surface area contributed by atoms with E-state index in [1.54, 1.807) is 43.3 Å². The molecular weight excluding hydrogens is 418 g/mol. The molecular formula is C21H19N5O6. The van der Waals surface area contributed by atoms with Gasteiger partial charge in [-0.25, -0.2) is 9.59 Å². The molecule has 0 aliphatic carbocycles. The van der Waals surface area contributed by atoms with Gasteiger partial charge < -0.3 is 30.1 Å². The monoisotopic (exact) mass is 437 g/mol. The Kier molecular flexibility index (Phi) is 4.40. The number of aromatic nitrogens is 2. The number of benzene rings is 2. The van der Waals surface area contributed by atoms with Crippen molar-refractivity contribution in [1.29, 1.82) is 0 Å². The average Bonchev–Trinajstić information content (AvgIpc) is 3.40. The van der Waals surface area contributed by atoms with Gasteiger partial charge in [-0.3, -0.25) is 14.5 Å². The van der Waals surface area contributed by atoms with E-state index < -0.39 is 29.9 Å². The van der Waals surface area contributed by atoms with Crippen molar-refractivity contribution in [2.24, 2.45) is 0 Å². The molecule has 2 aromatic carbocycles. The molecule has 0 bridgehead atoms. The molecule has 1 aromatic heterocycles. The average molecular weight is 437 g/mol. The summed E-state index contributed by atoms with van der Waals surface area (Å²) in [6.07, 6.45) is 0.226. The van der Waals surface area contributed by atoms with E-state index in [-0.39, 0.29) is 18.9 Å². The fraction of sp³-hybridized carbons (Fsp3) is 0.238. The summed E-state index contributed by atoms with van der Waals surface area (Å²) in [6.45, 7) is 1.32. The van der Waals surface area contributed by atoms with Crippen molar-refractivity contribution < 1.29 is 23.9 Å².